The molecule has 8 heteroatoms. The molecule has 0 heterocycles. The average molecular weight is 548 g/mol. The Bertz CT molecular complexity index is 873. The summed E-state index contributed by atoms with van der Waals surface area (Å²) in [5.74, 6) is 1.97. The van der Waals surface area contributed by atoms with Crippen LogP contribution in [0.4, 0.5) is 0 Å². The average Bonchev–Trinajstić information content (AvgIpc) is 2.84. The summed E-state index contributed by atoms with van der Waals surface area (Å²) in [6.07, 6.45) is 9.50. The van der Waals surface area contributed by atoms with Gasteiger partial charge >= 0.3 is 18.9 Å². The standard InChI is InChI=1S/C28H39Cl2O4P.Li/c1-4-7-10-16-32-21-19-24(33-17-11-8-5-2)27(25(20-21)34-18-12-9-6-3)35-28(31)26-22(29)14-13-15-23(26)30;/h13-15,19-20,35H,4-12,16-18H2,1-3H3;/q;+1. The zero-order chi connectivity index (χ0) is 25.5. The fourth-order valence-electron chi connectivity index (χ4n) is 3.50. The Balaban J connectivity index is 0.00000648. The molecular formula is C28H39Cl2LiO4P+. The fourth-order valence-corrected chi connectivity index (χ4v) is 5.39. The third-order valence-electron chi connectivity index (χ3n) is 5.50. The molecule has 0 spiro atoms. The Morgan fingerprint density at radius 2 is 1.19 bits per heavy atom. The summed E-state index contributed by atoms with van der Waals surface area (Å²) in [6.45, 7) is 8.26. The van der Waals surface area contributed by atoms with Crippen molar-refractivity contribution in [2.45, 2.75) is 78.6 Å². The zero-order valence-electron chi connectivity index (χ0n) is 22.3. The molecule has 1 atom stereocenters. The van der Waals surface area contributed by atoms with Crippen LogP contribution in [0, 0.1) is 0 Å². The zero-order valence-corrected chi connectivity index (χ0v) is 24.8. The predicted molar refractivity (Wildman–Crippen MR) is 150 cm³/mol. The van der Waals surface area contributed by atoms with Gasteiger partial charge in [0.1, 0.15) is 17.2 Å². The van der Waals surface area contributed by atoms with Crippen LogP contribution < -0.4 is 38.4 Å². The normalized spacial score (nSPS) is 10.9. The molecule has 2 aromatic carbocycles. The van der Waals surface area contributed by atoms with Crippen molar-refractivity contribution in [1.29, 1.82) is 0 Å². The Labute approximate surface area is 241 Å². The minimum atomic E-state index is -0.244. The summed E-state index contributed by atoms with van der Waals surface area (Å²) in [4.78, 5) is 13.3. The second kappa shape index (κ2) is 19.2. The Morgan fingerprint density at radius 3 is 1.64 bits per heavy atom. The fraction of sp³-hybridized carbons (Fsp3) is 0.536. The second-order valence-corrected chi connectivity index (χ2v) is 10.5. The molecule has 194 valence electrons. The van der Waals surface area contributed by atoms with Crippen molar-refractivity contribution in [1.82, 2.24) is 0 Å². The monoisotopic (exact) mass is 547 g/mol. The topological polar surface area (TPSA) is 44.8 Å². The van der Waals surface area contributed by atoms with E-state index in [1.165, 1.54) is 0 Å². The summed E-state index contributed by atoms with van der Waals surface area (Å²) >= 11 is 12.7. The number of hydrogen-bond donors (Lipinski definition) is 0. The maximum absolute atomic E-state index is 13.3. The molecule has 36 heavy (non-hydrogen) atoms. The van der Waals surface area contributed by atoms with Crippen LogP contribution >= 0.6 is 31.8 Å². The molecule has 0 aliphatic carbocycles. The van der Waals surface area contributed by atoms with E-state index in [0.29, 0.717) is 52.7 Å². The first-order chi connectivity index (χ1) is 17.0. The van der Waals surface area contributed by atoms with Crippen molar-refractivity contribution in [3.8, 4) is 17.2 Å². The molecule has 2 aromatic rings. The van der Waals surface area contributed by atoms with E-state index in [2.05, 4.69) is 20.8 Å². The summed E-state index contributed by atoms with van der Waals surface area (Å²) in [6, 6.07) is 8.88. The molecule has 0 radical (unpaired) electrons. The number of unbranched alkanes of at least 4 members (excludes halogenated alkanes) is 6. The first-order valence-corrected chi connectivity index (χ1v) is 14.6. The molecule has 0 bridgehead atoms. The molecule has 2 rings (SSSR count). The van der Waals surface area contributed by atoms with Gasteiger partial charge in [0.25, 0.3) is 0 Å². The van der Waals surface area contributed by atoms with E-state index in [-0.39, 0.29) is 33.0 Å². The van der Waals surface area contributed by atoms with Crippen LogP contribution in [0.1, 0.15) is 88.9 Å². The SMILES string of the molecule is CCCCCOc1cc(OCCCCC)c(PC(=O)c2c(Cl)cccc2Cl)c(OCCCCC)c1.[Li+]. The molecule has 0 aliphatic heterocycles. The second-order valence-electron chi connectivity index (χ2n) is 8.51. The van der Waals surface area contributed by atoms with Crippen LogP contribution in [-0.2, 0) is 0 Å². The van der Waals surface area contributed by atoms with E-state index in [0.717, 1.165) is 63.1 Å². The van der Waals surface area contributed by atoms with Gasteiger partial charge in [0.05, 0.1) is 40.7 Å². The van der Waals surface area contributed by atoms with Crippen molar-refractivity contribution in [2.24, 2.45) is 0 Å². The first-order valence-electron chi connectivity index (χ1n) is 12.8. The number of carbonyl (C=O) groups excluding carboxylic acids is 1. The molecule has 0 amide bonds. The minimum absolute atomic E-state index is 0. The molecule has 0 saturated carbocycles. The van der Waals surface area contributed by atoms with E-state index in [4.69, 9.17) is 37.4 Å². The molecule has 0 N–H and O–H groups in total. The van der Waals surface area contributed by atoms with Crippen LogP contribution in [0.15, 0.2) is 30.3 Å². The van der Waals surface area contributed by atoms with Crippen molar-refractivity contribution < 1.29 is 37.9 Å². The Morgan fingerprint density at radius 1 is 0.750 bits per heavy atom. The van der Waals surface area contributed by atoms with Gasteiger partial charge in [-0.15, -0.1) is 0 Å². The van der Waals surface area contributed by atoms with E-state index < -0.39 is 0 Å². The number of hydrogen-bond acceptors (Lipinski definition) is 4. The summed E-state index contributed by atoms with van der Waals surface area (Å²) in [5.41, 5.74) is 0.192. The number of rotatable bonds is 18. The van der Waals surface area contributed by atoms with Crippen LogP contribution in [-0.4, -0.2) is 25.3 Å². The summed E-state index contributed by atoms with van der Waals surface area (Å²) < 4.78 is 18.4. The van der Waals surface area contributed by atoms with Crippen LogP contribution in [0.5, 0.6) is 17.2 Å². The molecule has 0 aliphatic rings. The van der Waals surface area contributed by atoms with Crippen LogP contribution in [0.3, 0.4) is 0 Å². The van der Waals surface area contributed by atoms with Gasteiger partial charge in [0.2, 0.25) is 0 Å². The van der Waals surface area contributed by atoms with Gasteiger partial charge in [-0.2, -0.15) is 0 Å². The van der Waals surface area contributed by atoms with Gasteiger partial charge in [0.15, 0.2) is 5.52 Å². The smallest absolute Gasteiger partial charge is 0.493 e. The van der Waals surface area contributed by atoms with Crippen molar-refractivity contribution in [2.75, 3.05) is 19.8 Å². The predicted octanol–water partition coefficient (Wildman–Crippen LogP) is 5.85. The van der Waals surface area contributed by atoms with Gasteiger partial charge in [0, 0.05) is 12.1 Å². The van der Waals surface area contributed by atoms with Gasteiger partial charge in [-0.05, 0) is 40.0 Å². The first kappa shape index (κ1) is 33.1. The number of benzene rings is 2. The van der Waals surface area contributed by atoms with E-state index >= 15 is 0 Å². The quantitative estimate of drug-likeness (QED) is 0.133. The Kier molecular flexibility index (Phi) is 17.7. The molecule has 1 unspecified atom stereocenters. The summed E-state index contributed by atoms with van der Waals surface area (Å²) in [7, 11) is -0.244. The third kappa shape index (κ3) is 11.2. The van der Waals surface area contributed by atoms with Gasteiger partial charge in [-0.3, -0.25) is 4.79 Å². The molecule has 4 nitrogen and oxygen atoms in total. The number of carbonyl (C=O) groups is 1. The number of ether oxygens (including phenoxy) is 3. The number of halogens is 2. The minimum Gasteiger partial charge on any atom is -0.493 e. The van der Waals surface area contributed by atoms with Crippen LogP contribution in [0.25, 0.3) is 0 Å². The summed E-state index contributed by atoms with van der Waals surface area (Å²) in [5, 5.41) is 1.43. The molecule has 0 saturated heterocycles. The van der Waals surface area contributed by atoms with Crippen molar-refractivity contribution >= 4 is 42.6 Å². The van der Waals surface area contributed by atoms with Crippen molar-refractivity contribution in [3.63, 3.8) is 0 Å². The van der Waals surface area contributed by atoms with E-state index in [9.17, 15) is 4.79 Å². The third-order valence-corrected chi connectivity index (χ3v) is 7.35. The van der Waals surface area contributed by atoms with E-state index in [1.54, 1.807) is 18.2 Å². The van der Waals surface area contributed by atoms with Crippen LogP contribution in [0.2, 0.25) is 10.0 Å². The molecule has 0 aromatic heterocycles. The van der Waals surface area contributed by atoms with Gasteiger partial charge in [-0.1, -0.05) is 88.6 Å². The Hall–Kier alpha value is -0.883. The maximum Gasteiger partial charge on any atom is 1.00 e. The largest absolute Gasteiger partial charge is 1.00 e. The molecular weight excluding hydrogens is 509 g/mol. The van der Waals surface area contributed by atoms with E-state index in [1.807, 2.05) is 12.1 Å². The maximum atomic E-state index is 13.3. The molecule has 0 fully saturated rings. The van der Waals surface area contributed by atoms with Gasteiger partial charge < -0.3 is 14.2 Å². The van der Waals surface area contributed by atoms with Crippen molar-refractivity contribution in [3.05, 3.63) is 45.9 Å². The van der Waals surface area contributed by atoms with Gasteiger partial charge in [-0.25, -0.2) is 0 Å².